The highest BCUT2D eigenvalue weighted by Gasteiger charge is 2.35. The Balaban J connectivity index is 1.96. The fourth-order valence-corrected chi connectivity index (χ4v) is 2.47. The number of benzene rings is 3. The first kappa shape index (κ1) is 16.8. The molecule has 0 heterocycles. The fraction of sp³-hybridized carbons (Fsp3) is 0.0500. The van der Waals surface area contributed by atoms with E-state index in [1.54, 1.807) is 24.3 Å². The van der Waals surface area contributed by atoms with Crippen LogP contribution in [-0.2, 0) is 6.18 Å². The van der Waals surface area contributed by atoms with E-state index in [9.17, 15) is 18.0 Å². The fourth-order valence-electron chi connectivity index (χ4n) is 2.47. The summed E-state index contributed by atoms with van der Waals surface area (Å²) in [6.45, 7) is 0. The van der Waals surface area contributed by atoms with Gasteiger partial charge in [-0.05, 0) is 23.8 Å². The van der Waals surface area contributed by atoms with Crippen LogP contribution in [0.1, 0.15) is 15.9 Å². The zero-order valence-corrected chi connectivity index (χ0v) is 13.0. The van der Waals surface area contributed by atoms with Crippen molar-refractivity contribution in [2.75, 3.05) is 0 Å². The highest BCUT2D eigenvalue weighted by molar-refractivity contribution is 5.93. The van der Waals surface area contributed by atoms with Crippen LogP contribution in [0.15, 0.2) is 78.9 Å². The molecular weight excluding hydrogens is 329 g/mol. The van der Waals surface area contributed by atoms with Crippen molar-refractivity contribution in [3.05, 3.63) is 90.0 Å². The zero-order chi connectivity index (χ0) is 17.9. The summed E-state index contributed by atoms with van der Waals surface area (Å²) < 4.78 is 44.5. The van der Waals surface area contributed by atoms with Gasteiger partial charge in [0.05, 0.1) is 11.1 Å². The van der Waals surface area contributed by atoms with Crippen molar-refractivity contribution in [3.8, 4) is 16.9 Å². The summed E-state index contributed by atoms with van der Waals surface area (Å²) in [4.78, 5) is 12.3. The lowest BCUT2D eigenvalue weighted by Gasteiger charge is -2.14. The van der Waals surface area contributed by atoms with Gasteiger partial charge in [-0.2, -0.15) is 13.2 Å². The molecule has 0 aliphatic heterocycles. The molecule has 3 rings (SSSR count). The minimum atomic E-state index is -4.63. The number of rotatable bonds is 3. The molecular formula is C20H13F3O2. The number of esters is 1. The molecule has 0 atom stereocenters. The Hall–Kier alpha value is -3.08. The van der Waals surface area contributed by atoms with Crippen molar-refractivity contribution >= 4 is 5.97 Å². The highest BCUT2D eigenvalue weighted by Crippen LogP contribution is 2.34. The van der Waals surface area contributed by atoms with Gasteiger partial charge in [0, 0.05) is 5.56 Å². The van der Waals surface area contributed by atoms with E-state index in [0.29, 0.717) is 5.56 Å². The normalized spacial score (nSPS) is 11.2. The van der Waals surface area contributed by atoms with Gasteiger partial charge in [-0.1, -0.05) is 60.7 Å². The molecule has 0 aliphatic carbocycles. The Bertz CT molecular complexity index is 887. The van der Waals surface area contributed by atoms with Crippen LogP contribution >= 0.6 is 0 Å². The third kappa shape index (κ3) is 3.71. The predicted molar refractivity (Wildman–Crippen MR) is 88.3 cm³/mol. The molecule has 0 aliphatic rings. The Morgan fingerprint density at radius 3 is 2.08 bits per heavy atom. The van der Waals surface area contributed by atoms with E-state index in [1.165, 1.54) is 12.1 Å². The van der Waals surface area contributed by atoms with E-state index >= 15 is 0 Å². The SMILES string of the molecule is O=C(Oc1ccccc1-c1ccccc1)c1ccccc1C(F)(F)F. The number of halogens is 3. The molecule has 0 radical (unpaired) electrons. The molecule has 3 aromatic carbocycles. The van der Waals surface area contributed by atoms with E-state index in [4.69, 9.17) is 4.74 Å². The van der Waals surface area contributed by atoms with Crippen LogP contribution < -0.4 is 4.74 Å². The van der Waals surface area contributed by atoms with Gasteiger partial charge in [0.1, 0.15) is 5.75 Å². The van der Waals surface area contributed by atoms with Crippen LogP contribution in [0.5, 0.6) is 5.75 Å². The molecule has 25 heavy (non-hydrogen) atoms. The monoisotopic (exact) mass is 342 g/mol. The second kappa shape index (κ2) is 6.81. The summed E-state index contributed by atoms with van der Waals surface area (Å²) in [5, 5.41) is 0. The van der Waals surface area contributed by atoms with Gasteiger partial charge >= 0.3 is 12.1 Å². The van der Waals surface area contributed by atoms with E-state index in [2.05, 4.69) is 0 Å². The highest BCUT2D eigenvalue weighted by atomic mass is 19.4. The van der Waals surface area contributed by atoms with E-state index in [-0.39, 0.29) is 5.75 Å². The maximum atomic E-state index is 13.1. The molecule has 0 aromatic heterocycles. The lowest BCUT2D eigenvalue weighted by molar-refractivity contribution is -0.138. The van der Waals surface area contributed by atoms with E-state index in [1.807, 2.05) is 30.3 Å². The Labute approximate surface area is 142 Å². The number of carbonyl (C=O) groups is 1. The first-order chi connectivity index (χ1) is 12.0. The Morgan fingerprint density at radius 1 is 0.760 bits per heavy atom. The second-order valence-corrected chi connectivity index (χ2v) is 5.30. The first-order valence-corrected chi connectivity index (χ1v) is 7.49. The molecule has 0 saturated heterocycles. The summed E-state index contributed by atoms with van der Waals surface area (Å²) in [7, 11) is 0. The van der Waals surface area contributed by atoms with Crippen LogP contribution in [0.2, 0.25) is 0 Å². The Kier molecular flexibility index (Phi) is 4.57. The van der Waals surface area contributed by atoms with Gasteiger partial charge in [0.15, 0.2) is 0 Å². The van der Waals surface area contributed by atoms with Gasteiger partial charge in [-0.25, -0.2) is 4.79 Å². The molecule has 0 amide bonds. The third-order valence-corrected chi connectivity index (χ3v) is 3.63. The first-order valence-electron chi connectivity index (χ1n) is 7.49. The maximum absolute atomic E-state index is 13.1. The van der Waals surface area contributed by atoms with Crippen molar-refractivity contribution < 1.29 is 22.7 Å². The molecule has 0 saturated carbocycles. The molecule has 126 valence electrons. The number of hydrogen-bond acceptors (Lipinski definition) is 2. The maximum Gasteiger partial charge on any atom is 0.417 e. The summed E-state index contributed by atoms with van der Waals surface area (Å²) in [6, 6.07) is 20.4. The molecule has 0 bridgehead atoms. The van der Waals surface area contributed by atoms with Crippen molar-refractivity contribution in [2.24, 2.45) is 0 Å². The van der Waals surface area contributed by atoms with Gasteiger partial charge in [-0.3, -0.25) is 0 Å². The summed E-state index contributed by atoms with van der Waals surface area (Å²) in [5.41, 5.74) is -0.106. The molecule has 0 fully saturated rings. The van der Waals surface area contributed by atoms with Crippen LogP contribution in [-0.4, -0.2) is 5.97 Å². The van der Waals surface area contributed by atoms with Crippen LogP contribution in [0.4, 0.5) is 13.2 Å². The minimum Gasteiger partial charge on any atom is -0.422 e. The quantitative estimate of drug-likeness (QED) is 0.458. The van der Waals surface area contributed by atoms with E-state index < -0.39 is 23.3 Å². The minimum absolute atomic E-state index is 0.204. The molecule has 0 spiro atoms. The molecule has 0 unspecified atom stereocenters. The van der Waals surface area contributed by atoms with Gasteiger partial charge in [-0.15, -0.1) is 0 Å². The van der Waals surface area contributed by atoms with Gasteiger partial charge in [0.25, 0.3) is 0 Å². The van der Waals surface area contributed by atoms with Crippen LogP contribution in [0.25, 0.3) is 11.1 Å². The Morgan fingerprint density at radius 2 is 1.36 bits per heavy atom. The van der Waals surface area contributed by atoms with E-state index in [0.717, 1.165) is 17.7 Å². The second-order valence-electron chi connectivity index (χ2n) is 5.30. The summed E-state index contributed by atoms with van der Waals surface area (Å²) in [5.74, 6) is -0.841. The molecule has 2 nitrogen and oxygen atoms in total. The number of carbonyl (C=O) groups excluding carboxylic acids is 1. The topological polar surface area (TPSA) is 26.3 Å². The van der Waals surface area contributed by atoms with Crippen molar-refractivity contribution in [1.29, 1.82) is 0 Å². The van der Waals surface area contributed by atoms with Crippen LogP contribution in [0.3, 0.4) is 0 Å². The molecule has 3 aromatic rings. The number of hydrogen-bond donors (Lipinski definition) is 0. The average molecular weight is 342 g/mol. The summed E-state index contributed by atoms with van der Waals surface area (Å²) in [6.07, 6.45) is -4.63. The lowest BCUT2D eigenvalue weighted by atomic mass is 10.0. The summed E-state index contributed by atoms with van der Waals surface area (Å²) >= 11 is 0. The standard InChI is InChI=1S/C20H13F3O2/c21-20(22,23)17-12-6-4-11-16(17)19(24)25-18-13-7-5-10-15(18)14-8-2-1-3-9-14/h1-13H. The largest absolute Gasteiger partial charge is 0.422 e. The number of para-hydroxylation sites is 1. The number of ether oxygens (including phenoxy) is 1. The van der Waals surface area contributed by atoms with Crippen LogP contribution in [0, 0.1) is 0 Å². The smallest absolute Gasteiger partial charge is 0.417 e. The average Bonchev–Trinajstić information content (AvgIpc) is 2.62. The number of alkyl halides is 3. The molecule has 0 N–H and O–H groups in total. The van der Waals surface area contributed by atoms with Gasteiger partial charge < -0.3 is 4.74 Å². The third-order valence-electron chi connectivity index (χ3n) is 3.63. The van der Waals surface area contributed by atoms with Crippen molar-refractivity contribution in [1.82, 2.24) is 0 Å². The van der Waals surface area contributed by atoms with Crippen molar-refractivity contribution in [2.45, 2.75) is 6.18 Å². The van der Waals surface area contributed by atoms with Crippen molar-refractivity contribution in [3.63, 3.8) is 0 Å². The zero-order valence-electron chi connectivity index (χ0n) is 13.0. The lowest BCUT2D eigenvalue weighted by Crippen LogP contribution is -2.17. The van der Waals surface area contributed by atoms with Gasteiger partial charge in [0.2, 0.25) is 0 Å². The molecule has 5 heteroatoms. The predicted octanol–water partition coefficient (Wildman–Crippen LogP) is 5.59.